The Morgan fingerprint density at radius 3 is 2.63 bits per heavy atom. The number of hydrogen-bond donors (Lipinski definition) is 2. The number of hydrogen-bond acceptors (Lipinski definition) is 4. The Morgan fingerprint density at radius 2 is 1.89 bits per heavy atom. The van der Waals surface area contributed by atoms with Crippen LogP contribution < -0.4 is 15.8 Å². The molecule has 4 nitrogen and oxygen atoms in total. The van der Waals surface area contributed by atoms with Crippen molar-refractivity contribution in [3.63, 3.8) is 0 Å². The molecule has 2 aliphatic heterocycles. The first-order valence-corrected chi connectivity index (χ1v) is 7.04. The predicted molar refractivity (Wildman–Crippen MR) is 78.6 cm³/mol. The second-order valence-electron chi connectivity index (χ2n) is 5.40. The van der Waals surface area contributed by atoms with Crippen molar-refractivity contribution in [3.05, 3.63) is 42.6 Å². The van der Waals surface area contributed by atoms with Crippen molar-refractivity contribution in [3.8, 4) is 0 Å². The Bertz CT molecular complexity index is 423. The van der Waals surface area contributed by atoms with E-state index in [1.165, 1.54) is 31.6 Å². The summed E-state index contributed by atoms with van der Waals surface area (Å²) in [6.07, 6.45) is 6.99. The molecule has 1 unspecified atom stereocenters. The number of hydrazine groups is 1. The Morgan fingerprint density at radius 1 is 1.16 bits per heavy atom. The van der Waals surface area contributed by atoms with Crippen LogP contribution in [-0.2, 0) is 0 Å². The van der Waals surface area contributed by atoms with Crippen LogP contribution >= 0.6 is 0 Å². The van der Waals surface area contributed by atoms with Crippen molar-refractivity contribution >= 4 is 5.69 Å². The summed E-state index contributed by atoms with van der Waals surface area (Å²) in [5.41, 5.74) is 4.64. The molecule has 0 saturated carbocycles. The second kappa shape index (κ2) is 5.74. The third-order valence-electron chi connectivity index (χ3n) is 3.87. The zero-order valence-corrected chi connectivity index (χ0v) is 11.4. The van der Waals surface area contributed by atoms with Gasteiger partial charge in [0, 0.05) is 12.2 Å². The molecule has 1 atom stereocenters. The topological polar surface area (TPSA) is 30.5 Å². The zero-order chi connectivity index (χ0) is 13.1. The number of anilines is 1. The Kier molecular flexibility index (Phi) is 3.82. The average Bonchev–Trinajstić information content (AvgIpc) is 2.91. The number of rotatable bonds is 3. The van der Waals surface area contributed by atoms with E-state index in [4.69, 9.17) is 0 Å². The van der Waals surface area contributed by atoms with Crippen LogP contribution in [0.5, 0.6) is 0 Å². The van der Waals surface area contributed by atoms with Crippen LogP contribution in [0.15, 0.2) is 42.6 Å². The van der Waals surface area contributed by atoms with E-state index in [0.29, 0.717) is 6.04 Å². The van der Waals surface area contributed by atoms with E-state index in [0.717, 1.165) is 0 Å². The lowest BCUT2D eigenvalue weighted by Crippen LogP contribution is -2.51. The third kappa shape index (κ3) is 3.15. The maximum atomic E-state index is 3.67. The molecule has 2 heterocycles. The van der Waals surface area contributed by atoms with Gasteiger partial charge in [-0.15, -0.1) is 0 Å². The number of benzene rings is 1. The molecule has 2 N–H and O–H groups in total. The standard InChI is InChI=1S/C15H22N4/c1-18-10-7-13(8-11-18)16-15-9-12-19(17-15)14-5-3-2-4-6-14/h2-6,9,12-13,15-17H,7-8,10-11H2,1H3. The van der Waals surface area contributed by atoms with Gasteiger partial charge in [0.1, 0.15) is 0 Å². The summed E-state index contributed by atoms with van der Waals surface area (Å²) in [6.45, 7) is 2.38. The SMILES string of the molecule is CN1CCC(NC2C=CN(c3ccccc3)N2)CC1. The third-order valence-corrected chi connectivity index (χ3v) is 3.87. The van der Waals surface area contributed by atoms with Crippen LogP contribution in [-0.4, -0.2) is 37.2 Å². The van der Waals surface area contributed by atoms with Gasteiger partial charge in [-0.2, -0.15) is 0 Å². The molecule has 4 heteroatoms. The summed E-state index contributed by atoms with van der Waals surface area (Å²) in [4.78, 5) is 2.40. The first-order chi connectivity index (χ1) is 9.31. The zero-order valence-electron chi connectivity index (χ0n) is 11.4. The molecule has 1 aromatic carbocycles. The number of likely N-dealkylation sites (tertiary alicyclic amines) is 1. The van der Waals surface area contributed by atoms with Crippen molar-refractivity contribution < 1.29 is 0 Å². The Labute approximate surface area is 115 Å². The van der Waals surface area contributed by atoms with E-state index in [2.05, 4.69) is 64.2 Å². The maximum Gasteiger partial charge on any atom is 0.0963 e. The van der Waals surface area contributed by atoms with Gasteiger partial charge in [-0.05, 0) is 51.2 Å². The number of nitrogens with zero attached hydrogens (tertiary/aromatic N) is 2. The fraction of sp³-hybridized carbons (Fsp3) is 0.467. The normalized spacial score (nSPS) is 25.1. The van der Waals surface area contributed by atoms with Gasteiger partial charge in [-0.3, -0.25) is 10.3 Å². The van der Waals surface area contributed by atoms with Crippen LogP contribution in [0.2, 0.25) is 0 Å². The molecule has 0 radical (unpaired) electrons. The van der Waals surface area contributed by atoms with Gasteiger partial charge in [0.15, 0.2) is 0 Å². The largest absolute Gasteiger partial charge is 0.306 e. The summed E-state index contributed by atoms with van der Waals surface area (Å²) >= 11 is 0. The molecule has 0 spiro atoms. The van der Waals surface area contributed by atoms with Crippen LogP contribution in [0.25, 0.3) is 0 Å². The number of nitrogens with one attached hydrogen (secondary N) is 2. The molecule has 0 aromatic heterocycles. The highest BCUT2D eigenvalue weighted by atomic mass is 15.6. The molecular formula is C15H22N4. The smallest absolute Gasteiger partial charge is 0.0963 e. The number of para-hydroxylation sites is 1. The highest BCUT2D eigenvalue weighted by Gasteiger charge is 2.22. The Balaban J connectivity index is 1.51. The second-order valence-corrected chi connectivity index (χ2v) is 5.40. The lowest BCUT2D eigenvalue weighted by molar-refractivity contribution is 0.226. The predicted octanol–water partition coefficient (Wildman–Crippen LogP) is 1.53. The van der Waals surface area contributed by atoms with E-state index >= 15 is 0 Å². The molecule has 19 heavy (non-hydrogen) atoms. The van der Waals surface area contributed by atoms with Crippen LogP contribution in [0, 0.1) is 0 Å². The minimum absolute atomic E-state index is 0.244. The highest BCUT2D eigenvalue weighted by Crippen LogP contribution is 2.16. The van der Waals surface area contributed by atoms with Crippen molar-refractivity contribution in [1.82, 2.24) is 15.6 Å². The van der Waals surface area contributed by atoms with Crippen molar-refractivity contribution in [1.29, 1.82) is 0 Å². The molecule has 2 aliphatic rings. The minimum Gasteiger partial charge on any atom is -0.306 e. The first kappa shape index (κ1) is 12.7. The first-order valence-electron chi connectivity index (χ1n) is 7.04. The van der Waals surface area contributed by atoms with Gasteiger partial charge < -0.3 is 4.90 Å². The molecule has 1 fully saturated rings. The summed E-state index contributed by atoms with van der Waals surface area (Å²) < 4.78 is 0. The van der Waals surface area contributed by atoms with Crippen molar-refractivity contribution in [2.75, 3.05) is 25.1 Å². The van der Waals surface area contributed by atoms with E-state index < -0.39 is 0 Å². The van der Waals surface area contributed by atoms with Gasteiger partial charge in [-0.25, -0.2) is 5.43 Å². The lowest BCUT2D eigenvalue weighted by atomic mass is 10.1. The van der Waals surface area contributed by atoms with Crippen LogP contribution in [0.3, 0.4) is 0 Å². The number of piperidine rings is 1. The average molecular weight is 258 g/mol. The highest BCUT2D eigenvalue weighted by molar-refractivity contribution is 5.49. The summed E-state index contributed by atoms with van der Waals surface area (Å²) in [5.74, 6) is 0. The minimum atomic E-state index is 0.244. The van der Waals surface area contributed by atoms with Crippen molar-refractivity contribution in [2.24, 2.45) is 0 Å². The molecule has 1 saturated heterocycles. The quantitative estimate of drug-likeness (QED) is 0.861. The molecule has 0 amide bonds. The van der Waals surface area contributed by atoms with Gasteiger partial charge >= 0.3 is 0 Å². The fourth-order valence-corrected chi connectivity index (χ4v) is 2.68. The molecule has 3 rings (SSSR count). The van der Waals surface area contributed by atoms with Crippen molar-refractivity contribution in [2.45, 2.75) is 25.0 Å². The van der Waals surface area contributed by atoms with Gasteiger partial charge in [0.25, 0.3) is 0 Å². The Hall–Kier alpha value is -1.36. The monoisotopic (exact) mass is 258 g/mol. The van der Waals surface area contributed by atoms with Gasteiger partial charge in [-0.1, -0.05) is 18.2 Å². The van der Waals surface area contributed by atoms with E-state index in [1.54, 1.807) is 0 Å². The van der Waals surface area contributed by atoms with E-state index in [1.807, 2.05) is 6.07 Å². The molecule has 0 bridgehead atoms. The molecule has 1 aromatic rings. The van der Waals surface area contributed by atoms with Gasteiger partial charge in [0.2, 0.25) is 0 Å². The maximum absolute atomic E-state index is 3.67. The molecular weight excluding hydrogens is 236 g/mol. The van der Waals surface area contributed by atoms with Crippen LogP contribution in [0.1, 0.15) is 12.8 Å². The van der Waals surface area contributed by atoms with E-state index in [9.17, 15) is 0 Å². The van der Waals surface area contributed by atoms with Crippen LogP contribution in [0.4, 0.5) is 5.69 Å². The van der Waals surface area contributed by atoms with E-state index in [-0.39, 0.29) is 6.17 Å². The molecule has 0 aliphatic carbocycles. The fourth-order valence-electron chi connectivity index (χ4n) is 2.68. The summed E-state index contributed by atoms with van der Waals surface area (Å²) in [7, 11) is 2.20. The van der Waals surface area contributed by atoms with Gasteiger partial charge in [0.05, 0.1) is 11.9 Å². The lowest BCUT2D eigenvalue weighted by Gasteiger charge is -2.31. The summed E-state index contributed by atoms with van der Waals surface area (Å²) in [6, 6.07) is 11.0. The molecule has 102 valence electrons. The summed E-state index contributed by atoms with van der Waals surface area (Å²) in [5, 5.41) is 5.75.